The summed E-state index contributed by atoms with van der Waals surface area (Å²) in [7, 11) is 1.64. The van der Waals surface area contributed by atoms with Crippen molar-refractivity contribution in [2.75, 3.05) is 7.11 Å². The lowest BCUT2D eigenvalue weighted by Gasteiger charge is -2.05. The van der Waals surface area contributed by atoms with E-state index in [1.54, 1.807) is 7.11 Å². The fraction of sp³-hybridized carbons (Fsp3) is 0.385. The molecule has 0 spiro atoms. The molecular formula is C13H15Br2NO2. The van der Waals surface area contributed by atoms with Crippen molar-refractivity contribution in [3.8, 4) is 5.75 Å². The van der Waals surface area contributed by atoms with Crippen molar-refractivity contribution in [1.82, 2.24) is 0 Å². The van der Waals surface area contributed by atoms with Crippen LogP contribution in [0.2, 0.25) is 0 Å². The number of halogens is 2. The highest BCUT2D eigenvalue weighted by Crippen LogP contribution is 2.40. The number of hydrogen-bond donors (Lipinski definition) is 1. The van der Waals surface area contributed by atoms with Crippen molar-refractivity contribution in [3.63, 3.8) is 0 Å². The van der Waals surface area contributed by atoms with E-state index in [1.165, 1.54) is 0 Å². The third-order valence-electron chi connectivity index (χ3n) is 2.86. The Bertz CT molecular complexity index is 566. The first kappa shape index (κ1) is 13.9. The van der Waals surface area contributed by atoms with Gasteiger partial charge in [0.2, 0.25) is 0 Å². The number of ether oxygens (including phenoxy) is 1. The molecule has 1 aromatic heterocycles. The molecule has 1 atom stereocenters. The van der Waals surface area contributed by atoms with Gasteiger partial charge in [-0.15, -0.1) is 0 Å². The van der Waals surface area contributed by atoms with Crippen molar-refractivity contribution in [2.24, 2.45) is 5.73 Å². The number of rotatable bonds is 4. The minimum Gasteiger partial charge on any atom is -0.496 e. The largest absolute Gasteiger partial charge is 0.496 e. The van der Waals surface area contributed by atoms with Crippen molar-refractivity contribution < 1.29 is 9.15 Å². The summed E-state index contributed by atoms with van der Waals surface area (Å²) in [6.07, 6.45) is 1.94. The van der Waals surface area contributed by atoms with Gasteiger partial charge in [0.25, 0.3) is 0 Å². The second-order valence-corrected chi connectivity index (χ2v) is 5.81. The molecule has 0 aliphatic rings. The zero-order chi connectivity index (χ0) is 13.3. The summed E-state index contributed by atoms with van der Waals surface area (Å²) in [5.74, 6) is 1.58. The third kappa shape index (κ3) is 2.44. The van der Waals surface area contributed by atoms with Crippen LogP contribution in [0.1, 0.15) is 31.6 Å². The number of nitrogens with two attached hydrogens (primary N) is 1. The standard InChI is InChI=1S/C13H15Br2NO2/c1-3-4-9(16)10-5-7-12(15)11(17-2)6-8(14)13(7)18-10/h5-6,9H,3-4,16H2,1-2H3. The van der Waals surface area contributed by atoms with Gasteiger partial charge in [0.15, 0.2) is 0 Å². The summed E-state index contributed by atoms with van der Waals surface area (Å²) in [4.78, 5) is 0. The topological polar surface area (TPSA) is 48.4 Å². The highest BCUT2D eigenvalue weighted by molar-refractivity contribution is 9.11. The van der Waals surface area contributed by atoms with Crippen LogP contribution in [0.15, 0.2) is 25.5 Å². The van der Waals surface area contributed by atoms with Crippen LogP contribution in [0.4, 0.5) is 0 Å². The maximum Gasteiger partial charge on any atom is 0.149 e. The Kier molecular flexibility index (Phi) is 4.35. The van der Waals surface area contributed by atoms with Gasteiger partial charge in [-0.25, -0.2) is 0 Å². The SMILES string of the molecule is CCCC(N)c1cc2c(Br)c(OC)cc(Br)c2o1. The van der Waals surface area contributed by atoms with Crippen molar-refractivity contribution >= 4 is 42.8 Å². The van der Waals surface area contributed by atoms with Crippen LogP contribution in [-0.2, 0) is 0 Å². The van der Waals surface area contributed by atoms with Gasteiger partial charge in [0, 0.05) is 5.39 Å². The first-order chi connectivity index (χ1) is 8.58. The summed E-state index contributed by atoms with van der Waals surface area (Å²) in [6.45, 7) is 2.11. The predicted molar refractivity (Wildman–Crippen MR) is 80.0 cm³/mol. The summed E-state index contributed by atoms with van der Waals surface area (Å²) in [5, 5.41) is 0.975. The Balaban J connectivity index is 2.56. The lowest BCUT2D eigenvalue weighted by Crippen LogP contribution is -2.08. The highest BCUT2D eigenvalue weighted by Gasteiger charge is 2.17. The Labute approximate surface area is 123 Å². The van der Waals surface area contributed by atoms with Gasteiger partial charge in [-0.05, 0) is 50.4 Å². The molecule has 0 saturated heterocycles. The van der Waals surface area contributed by atoms with E-state index in [1.807, 2.05) is 12.1 Å². The molecule has 0 bridgehead atoms. The van der Waals surface area contributed by atoms with Crippen LogP contribution in [0.3, 0.4) is 0 Å². The minimum absolute atomic E-state index is 0.0628. The average Bonchev–Trinajstić information content (AvgIpc) is 2.80. The molecule has 0 radical (unpaired) electrons. The molecule has 3 nitrogen and oxygen atoms in total. The molecule has 1 heterocycles. The molecule has 0 aliphatic heterocycles. The van der Waals surface area contributed by atoms with Crippen LogP contribution in [0.5, 0.6) is 5.75 Å². The zero-order valence-corrected chi connectivity index (χ0v) is 13.5. The molecule has 0 fully saturated rings. The summed E-state index contributed by atoms with van der Waals surface area (Å²) in [5.41, 5.74) is 6.88. The van der Waals surface area contributed by atoms with E-state index in [0.717, 1.165) is 44.3 Å². The molecule has 1 aromatic carbocycles. The van der Waals surface area contributed by atoms with Crippen LogP contribution in [0.25, 0.3) is 11.0 Å². The third-order valence-corrected chi connectivity index (χ3v) is 4.27. The molecule has 2 aromatic rings. The van der Waals surface area contributed by atoms with Gasteiger partial charge >= 0.3 is 0 Å². The van der Waals surface area contributed by atoms with E-state index < -0.39 is 0 Å². The van der Waals surface area contributed by atoms with Crippen molar-refractivity contribution in [2.45, 2.75) is 25.8 Å². The minimum atomic E-state index is -0.0628. The highest BCUT2D eigenvalue weighted by atomic mass is 79.9. The monoisotopic (exact) mass is 375 g/mol. The molecule has 0 aliphatic carbocycles. The number of benzene rings is 1. The van der Waals surface area contributed by atoms with Crippen LogP contribution < -0.4 is 10.5 Å². The number of hydrogen-bond acceptors (Lipinski definition) is 3. The average molecular weight is 377 g/mol. The second kappa shape index (κ2) is 5.63. The number of methoxy groups -OCH3 is 1. The van der Waals surface area contributed by atoms with E-state index in [2.05, 4.69) is 38.8 Å². The smallest absolute Gasteiger partial charge is 0.149 e. The zero-order valence-electron chi connectivity index (χ0n) is 10.3. The van der Waals surface area contributed by atoms with Gasteiger partial charge < -0.3 is 14.9 Å². The van der Waals surface area contributed by atoms with Crippen LogP contribution in [-0.4, -0.2) is 7.11 Å². The predicted octanol–water partition coefficient (Wildman–Crippen LogP) is 4.77. The molecule has 2 N–H and O–H groups in total. The fourth-order valence-electron chi connectivity index (χ4n) is 1.91. The molecule has 5 heteroatoms. The molecule has 0 amide bonds. The van der Waals surface area contributed by atoms with E-state index in [4.69, 9.17) is 14.9 Å². The first-order valence-electron chi connectivity index (χ1n) is 5.79. The molecule has 2 rings (SSSR count). The van der Waals surface area contributed by atoms with Crippen LogP contribution in [0, 0.1) is 0 Å². The van der Waals surface area contributed by atoms with Crippen molar-refractivity contribution in [3.05, 3.63) is 26.8 Å². The van der Waals surface area contributed by atoms with Crippen molar-refractivity contribution in [1.29, 1.82) is 0 Å². The lowest BCUT2D eigenvalue weighted by molar-refractivity contribution is 0.412. The van der Waals surface area contributed by atoms with Gasteiger partial charge in [-0.3, -0.25) is 0 Å². The quantitative estimate of drug-likeness (QED) is 0.836. The van der Waals surface area contributed by atoms with Crippen LogP contribution >= 0.6 is 31.9 Å². The Morgan fingerprint density at radius 2 is 2.11 bits per heavy atom. The first-order valence-corrected chi connectivity index (χ1v) is 7.38. The van der Waals surface area contributed by atoms with E-state index in [9.17, 15) is 0 Å². The maximum atomic E-state index is 6.08. The molecule has 1 unspecified atom stereocenters. The van der Waals surface area contributed by atoms with E-state index in [0.29, 0.717) is 0 Å². The Morgan fingerprint density at radius 1 is 1.39 bits per heavy atom. The van der Waals surface area contributed by atoms with Gasteiger partial charge in [-0.1, -0.05) is 13.3 Å². The lowest BCUT2D eigenvalue weighted by atomic mass is 10.1. The molecular weight excluding hydrogens is 362 g/mol. The Hall–Kier alpha value is -0.520. The van der Waals surface area contributed by atoms with E-state index >= 15 is 0 Å². The summed E-state index contributed by atoms with van der Waals surface area (Å²) in [6, 6.07) is 3.80. The molecule has 18 heavy (non-hydrogen) atoms. The van der Waals surface area contributed by atoms with E-state index in [-0.39, 0.29) is 6.04 Å². The van der Waals surface area contributed by atoms with Gasteiger partial charge in [0.1, 0.15) is 17.1 Å². The summed E-state index contributed by atoms with van der Waals surface area (Å²) >= 11 is 7.02. The molecule has 0 saturated carbocycles. The van der Waals surface area contributed by atoms with Gasteiger partial charge in [0.05, 0.1) is 22.1 Å². The number of furan rings is 1. The number of fused-ring (bicyclic) bond motifs is 1. The fourth-order valence-corrected chi connectivity index (χ4v) is 2.99. The second-order valence-electron chi connectivity index (χ2n) is 4.16. The molecule has 98 valence electrons. The summed E-state index contributed by atoms with van der Waals surface area (Å²) < 4.78 is 12.9. The normalized spacial score (nSPS) is 12.9. The maximum absolute atomic E-state index is 6.08. The Morgan fingerprint density at radius 3 is 2.72 bits per heavy atom. The van der Waals surface area contributed by atoms with Gasteiger partial charge in [-0.2, -0.15) is 0 Å².